The molecule has 0 aromatic carbocycles. The van der Waals surface area contributed by atoms with Crippen molar-refractivity contribution in [2.24, 2.45) is 10.4 Å². The molecule has 25 heavy (non-hydrogen) atoms. The molecule has 7 heteroatoms. The molecule has 1 aromatic rings. The van der Waals surface area contributed by atoms with Gasteiger partial charge in [-0.15, -0.1) is 35.3 Å². The van der Waals surface area contributed by atoms with E-state index < -0.39 is 0 Å². The fourth-order valence-electron chi connectivity index (χ4n) is 3.32. The van der Waals surface area contributed by atoms with E-state index in [9.17, 15) is 0 Å². The summed E-state index contributed by atoms with van der Waals surface area (Å²) >= 11 is 1.77. The smallest absolute Gasteiger partial charge is 0.191 e. The molecule has 1 aliphatic carbocycles. The molecule has 1 fully saturated rings. The second-order valence-corrected chi connectivity index (χ2v) is 8.01. The van der Waals surface area contributed by atoms with Gasteiger partial charge in [0.2, 0.25) is 0 Å². The van der Waals surface area contributed by atoms with Gasteiger partial charge in [0.05, 0.1) is 5.01 Å². The summed E-state index contributed by atoms with van der Waals surface area (Å²) in [7, 11) is 1.79. The summed E-state index contributed by atoms with van der Waals surface area (Å²) in [4.78, 5) is 10.6. The van der Waals surface area contributed by atoms with Crippen LogP contribution in [0.1, 0.15) is 48.9 Å². The molecule has 144 valence electrons. The lowest BCUT2D eigenvalue weighted by Crippen LogP contribution is -2.39. The molecule has 1 heterocycles. The van der Waals surface area contributed by atoms with E-state index in [0.29, 0.717) is 5.41 Å². The molecular formula is C18H33IN4OS. The zero-order valence-electron chi connectivity index (χ0n) is 15.8. The van der Waals surface area contributed by atoms with Crippen molar-refractivity contribution in [2.75, 3.05) is 33.4 Å². The van der Waals surface area contributed by atoms with Crippen molar-refractivity contribution < 1.29 is 4.74 Å². The van der Waals surface area contributed by atoms with E-state index >= 15 is 0 Å². The molecule has 1 saturated carbocycles. The largest absolute Gasteiger partial charge is 0.385 e. The molecule has 0 radical (unpaired) electrons. The molecule has 0 spiro atoms. The van der Waals surface area contributed by atoms with Crippen LogP contribution in [0.5, 0.6) is 0 Å². The van der Waals surface area contributed by atoms with Gasteiger partial charge >= 0.3 is 0 Å². The van der Waals surface area contributed by atoms with Crippen LogP contribution in [-0.2, 0) is 11.2 Å². The van der Waals surface area contributed by atoms with Crippen molar-refractivity contribution in [2.45, 2.75) is 52.4 Å². The fraction of sp³-hybridized carbons (Fsp3) is 0.778. The lowest BCUT2D eigenvalue weighted by atomic mass is 9.83. The number of ether oxygens (including phenoxy) is 1. The number of nitrogens with zero attached hydrogens (tertiary/aromatic N) is 2. The lowest BCUT2D eigenvalue weighted by Gasteiger charge is -2.27. The summed E-state index contributed by atoms with van der Waals surface area (Å²) in [5, 5.41) is 8.00. The number of nitrogens with one attached hydrogen (secondary N) is 2. The molecule has 2 rings (SSSR count). The normalized spacial score (nSPS) is 16.5. The predicted molar refractivity (Wildman–Crippen MR) is 117 cm³/mol. The molecule has 1 aliphatic rings. The zero-order valence-corrected chi connectivity index (χ0v) is 18.9. The summed E-state index contributed by atoms with van der Waals surface area (Å²) in [6, 6.07) is 0. The lowest BCUT2D eigenvalue weighted by molar-refractivity contribution is 0.141. The number of methoxy groups -OCH3 is 1. The average molecular weight is 480 g/mol. The molecular weight excluding hydrogens is 447 g/mol. The average Bonchev–Trinajstić information content (AvgIpc) is 3.20. The number of aromatic nitrogens is 1. The number of halogens is 1. The third kappa shape index (κ3) is 7.78. The topological polar surface area (TPSA) is 58.5 Å². The van der Waals surface area contributed by atoms with Gasteiger partial charge in [-0.3, -0.25) is 4.99 Å². The number of rotatable bonds is 9. The Bertz CT molecular complexity index is 515. The Morgan fingerprint density at radius 1 is 1.36 bits per heavy atom. The molecule has 1 aromatic heterocycles. The van der Waals surface area contributed by atoms with E-state index in [2.05, 4.69) is 29.5 Å². The van der Waals surface area contributed by atoms with Crippen LogP contribution in [0.25, 0.3) is 0 Å². The van der Waals surface area contributed by atoms with Gasteiger partial charge in [-0.05, 0) is 38.5 Å². The third-order valence-corrected chi connectivity index (χ3v) is 5.69. The zero-order chi connectivity index (χ0) is 17.3. The minimum Gasteiger partial charge on any atom is -0.385 e. The van der Waals surface area contributed by atoms with Gasteiger partial charge in [0.25, 0.3) is 0 Å². The number of aliphatic imine (C=N–C) groups is 1. The van der Waals surface area contributed by atoms with Crippen LogP contribution >= 0.6 is 35.3 Å². The molecule has 0 atom stereocenters. The maximum atomic E-state index is 5.31. The quantitative estimate of drug-likeness (QED) is 0.321. The van der Waals surface area contributed by atoms with E-state index in [-0.39, 0.29) is 24.0 Å². The van der Waals surface area contributed by atoms with Gasteiger partial charge in [0.1, 0.15) is 0 Å². The van der Waals surface area contributed by atoms with Crippen molar-refractivity contribution in [3.05, 3.63) is 16.1 Å². The minimum absolute atomic E-state index is 0. The maximum absolute atomic E-state index is 5.31. The Labute approximate surface area is 173 Å². The highest BCUT2D eigenvalue weighted by Gasteiger charge is 2.33. The van der Waals surface area contributed by atoms with Gasteiger partial charge in [-0.1, -0.05) is 12.8 Å². The second kappa shape index (κ2) is 12.1. The summed E-state index contributed by atoms with van der Waals surface area (Å²) in [5.74, 6) is 0.925. The fourth-order valence-corrected chi connectivity index (χ4v) is 4.11. The number of thiazole rings is 1. The van der Waals surface area contributed by atoms with Crippen molar-refractivity contribution in [1.82, 2.24) is 15.6 Å². The molecule has 5 nitrogen and oxygen atoms in total. The van der Waals surface area contributed by atoms with E-state index in [1.54, 1.807) is 18.4 Å². The van der Waals surface area contributed by atoms with Crippen LogP contribution in [0, 0.1) is 12.3 Å². The Morgan fingerprint density at radius 3 is 2.72 bits per heavy atom. The van der Waals surface area contributed by atoms with Gasteiger partial charge < -0.3 is 15.4 Å². The summed E-state index contributed by atoms with van der Waals surface area (Å²) < 4.78 is 5.31. The summed E-state index contributed by atoms with van der Waals surface area (Å²) in [6.45, 7) is 7.68. The van der Waals surface area contributed by atoms with Gasteiger partial charge in [-0.25, -0.2) is 4.98 Å². The van der Waals surface area contributed by atoms with Gasteiger partial charge in [0.15, 0.2) is 5.96 Å². The van der Waals surface area contributed by atoms with Crippen LogP contribution in [0.4, 0.5) is 0 Å². The number of aryl methyl sites for hydroxylation is 1. The SMILES string of the molecule is CCNC(=NCC1(CCOC)CCCC1)NCCc1ncc(C)s1.I. The highest BCUT2D eigenvalue weighted by atomic mass is 127. The first kappa shape index (κ1) is 22.6. The first-order chi connectivity index (χ1) is 11.7. The van der Waals surface area contributed by atoms with Crippen LogP contribution in [0.2, 0.25) is 0 Å². The van der Waals surface area contributed by atoms with Crippen LogP contribution in [0.3, 0.4) is 0 Å². The standard InChI is InChI=1S/C18H32N4OS.HI/c1-4-19-17(20-11-7-16-21-13-15(2)24-16)22-14-18(10-12-23-3)8-5-6-9-18;/h13H,4-12,14H2,1-3H3,(H2,19,20,22);1H. The van der Waals surface area contributed by atoms with E-state index in [4.69, 9.17) is 9.73 Å². The van der Waals surface area contributed by atoms with Crippen LogP contribution < -0.4 is 10.6 Å². The van der Waals surface area contributed by atoms with Crippen molar-refractivity contribution in [1.29, 1.82) is 0 Å². The number of guanidine groups is 1. The van der Waals surface area contributed by atoms with Crippen LogP contribution in [0.15, 0.2) is 11.2 Å². The summed E-state index contributed by atoms with van der Waals surface area (Å²) in [5.41, 5.74) is 0.338. The van der Waals surface area contributed by atoms with Gasteiger partial charge in [0, 0.05) is 50.8 Å². The Hall–Kier alpha value is -0.410. The molecule has 0 aliphatic heterocycles. The van der Waals surface area contributed by atoms with E-state index in [0.717, 1.165) is 45.0 Å². The van der Waals surface area contributed by atoms with Crippen molar-refractivity contribution in [3.63, 3.8) is 0 Å². The van der Waals surface area contributed by atoms with Crippen molar-refractivity contribution in [3.8, 4) is 0 Å². The highest BCUT2D eigenvalue weighted by Crippen LogP contribution is 2.41. The monoisotopic (exact) mass is 480 g/mol. The molecule has 0 saturated heterocycles. The Balaban J connectivity index is 0.00000312. The van der Waals surface area contributed by atoms with E-state index in [1.165, 1.54) is 35.6 Å². The highest BCUT2D eigenvalue weighted by molar-refractivity contribution is 14.0. The molecule has 0 unspecified atom stereocenters. The molecule has 0 bridgehead atoms. The van der Waals surface area contributed by atoms with Crippen LogP contribution in [-0.4, -0.2) is 44.3 Å². The van der Waals surface area contributed by atoms with Gasteiger partial charge in [-0.2, -0.15) is 0 Å². The first-order valence-corrected chi connectivity index (χ1v) is 9.91. The predicted octanol–water partition coefficient (Wildman–Crippen LogP) is 3.76. The number of hydrogen-bond donors (Lipinski definition) is 2. The second-order valence-electron chi connectivity index (χ2n) is 6.69. The van der Waals surface area contributed by atoms with E-state index in [1.807, 2.05) is 6.20 Å². The third-order valence-electron chi connectivity index (χ3n) is 4.72. The maximum Gasteiger partial charge on any atom is 0.191 e. The first-order valence-electron chi connectivity index (χ1n) is 9.10. The Morgan fingerprint density at radius 2 is 2.12 bits per heavy atom. The van der Waals surface area contributed by atoms with Crippen molar-refractivity contribution >= 4 is 41.3 Å². The number of hydrogen-bond acceptors (Lipinski definition) is 4. The molecule has 2 N–H and O–H groups in total. The summed E-state index contributed by atoms with van der Waals surface area (Å²) in [6.07, 6.45) is 9.20. The molecule has 0 amide bonds. The minimum atomic E-state index is 0. The Kier molecular flexibility index (Phi) is 10.9.